The minimum Gasteiger partial charge on any atom is -0.490 e. The Morgan fingerprint density at radius 2 is 1.86 bits per heavy atom. The molecule has 0 aliphatic carbocycles. The van der Waals surface area contributed by atoms with Crippen molar-refractivity contribution in [2.75, 3.05) is 6.61 Å². The van der Waals surface area contributed by atoms with Crippen molar-refractivity contribution in [3.8, 4) is 5.75 Å². The third kappa shape index (κ3) is 3.00. The smallest absolute Gasteiger partial charge is 0.222 e. The number of aromatic nitrogens is 2. The lowest BCUT2D eigenvalue weighted by Gasteiger charge is -2.12. The topological polar surface area (TPSA) is 44.1 Å². The van der Waals surface area contributed by atoms with Crippen LogP contribution in [0.3, 0.4) is 0 Å². The number of ether oxygens (including phenoxy) is 1. The van der Waals surface area contributed by atoms with E-state index < -0.39 is 0 Å². The van der Waals surface area contributed by atoms with Gasteiger partial charge in [0.15, 0.2) is 4.60 Å². The Hall–Kier alpha value is -1.85. The molecule has 0 radical (unpaired) electrons. The van der Waals surface area contributed by atoms with Gasteiger partial charge >= 0.3 is 0 Å². The summed E-state index contributed by atoms with van der Waals surface area (Å²) in [5.41, 5.74) is 0.664. The number of hydrogen-bond acceptors (Lipinski definition) is 3. The number of hydrogen-bond donors (Lipinski definition) is 0. The second-order valence-electron chi connectivity index (χ2n) is 4.64. The van der Waals surface area contributed by atoms with E-state index in [9.17, 15) is 4.79 Å². The molecule has 2 aromatic carbocycles. The van der Waals surface area contributed by atoms with E-state index >= 15 is 0 Å². The van der Waals surface area contributed by atoms with Crippen LogP contribution in [0.25, 0.3) is 10.9 Å². The lowest BCUT2D eigenvalue weighted by atomic mass is 10.2. The van der Waals surface area contributed by atoms with E-state index in [2.05, 4.69) is 21.0 Å². The first kappa shape index (κ1) is 15.1. The van der Waals surface area contributed by atoms with E-state index in [-0.39, 0.29) is 5.43 Å². The van der Waals surface area contributed by atoms with Gasteiger partial charge in [-0.3, -0.25) is 9.48 Å². The quantitative estimate of drug-likeness (QED) is 0.691. The zero-order valence-corrected chi connectivity index (χ0v) is 13.8. The van der Waals surface area contributed by atoms with Crippen LogP contribution in [0.15, 0.2) is 57.9 Å². The summed E-state index contributed by atoms with van der Waals surface area (Å²) in [5.74, 6) is 0.633. The monoisotopic (exact) mass is 378 g/mol. The molecule has 3 aromatic rings. The normalized spacial score (nSPS) is 10.8. The lowest BCUT2D eigenvalue weighted by molar-refractivity contribution is 0.292. The zero-order chi connectivity index (χ0) is 15.5. The van der Waals surface area contributed by atoms with E-state index in [1.807, 2.05) is 36.4 Å². The van der Waals surface area contributed by atoms with Crippen LogP contribution in [-0.4, -0.2) is 16.4 Å². The van der Waals surface area contributed by atoms with Crippen molar-refractivity contribution in [2.24, 2.45) is 0 Å². The maximum Gasteiger partial charge on any atom is 0.222 e. The highest BCUT2D eigenvalue weighted by molar-refractivity contribution is 9.10. The number of para-hydroxylation sites is 2. The molecule has 112 valence electrons. The third-order valence-electron chi connectivity index (χ3n) is 3.22. The van der Waals surface area contributed by atoms with Crippen molar-refractivity contribution >= 4 is 38.4 Å². The average molecular weight is 380 g/mol. The Bertz CT molecular complexity index is 879. The van der Waals surface area contributed by atoms with Gasteiger partial charge in [-0.1, -0.05) is 35.9 Å². The molecule has 0 saturated carbocycles. The molecule has 0 aliphatic rings. The van der Waals surface area contributed by atoms with Crippen LogP contribution in [0.1, 0.15) is 0 Å². The van der Waals surface area contributed by atoms with Gasteiger partial charge in [-0.2, -0.15) is 5.10 Å². The van der Waals surface area contributed by atoms with Gasteiger partial charge in [0.25, 0.3) is 0 Å². The molecule has 1 heterocycles. The van der Waals surface area contributed by atoms with Crippen molar-refractivity contribution in [1.82, 2.24) is 9.78 Å². The predicted molar refractivity (Wildman–Crippen MR) is 90.7 cm³/mol. The van der Waals surface area contributed by atoms with Gasteiger partial charge in [0.05, 0.1) is 22.5 Å². The van der Waals surface area contributed by atoms with Crippen LogP contribution in [-0.2, 0) is 6.54 Å². The van der Waals surface area contributed by atoms with E-state index in [1.165, 1.54) is 0 Å². The zero-order valence-electron chi connectivity index (χ0n) is 11.5. The summed E-state index contributed by atoms with van der Waals surface area (Å²) in [6.45, 7) is 0.903. The van der Waals surface area contributed by atoms with E-state index in [0.29, 0.717) is 33.9 Å². The van der Waals surface area contributed by atoms with Crippen LogP contribution in [0.2, 0.25) is 5.02 Å². The standard InChI is InChI=1S/C16H12BrClN2O2/c17-16-15(21)11-5-1-3-7-13(11)20(19-16)9-10-22-14-8-4-2-6-12(14)18/h1-8H,9-10H2. The van der Waals surface area contributed by atoms with Crippen molar-refractivity contribution in [1.29, 1.82) is 0 Å². The highest BCUT2D eigenvalue weighted by Crippen LogP contribution is 2.23. The molecule has 0 fully saturated rings. The number of halogens is 2. The first-order valence-corrected chi connectivity index (χ1v) is 7.86. The molecule has 0 saturated heterocycles. The lowest BCUT2D eigenvalue weighted by Crippen LogP contribution is -2.18. The van der Waals surface area contributed by atoms with Gasteiger partial charge in [-0.25, -0.2) is 0 Å². The molecule has 3 rings (SSSR count). The van der Waals surface area contributed by atoms with Crippen molar-refractivity contribution in [3.63, 3.8) is 0 Å². The number of fused-ring (bicyclic) bond motifs is 1. The van der Waals surface area contributed by atoms with Crippen LogP contribution < -0.4 is 10.2 Å². The van der Waals surface area contributed by atoms with Gasteiger partial charge in [0, 0.05) is 0 Å². The van der Waals surface area contributed by atoms with Gasteiger partial charge in [0.2, 0.25) is 5.43 Å². The van der Waals surface area contributed by atoms with Crippen LogP contribution >= 0.6 is 27.5 Å². The largest absolute Gasteiger partial charge is 0.490 e. The summed E-state index contributed by atoms with van der Waals surface area (Å²) in [4.78, 5) is 12.0. The fourth-order valence-corrected chi connectivity index (χ4v) is 2.78. The molecule has 0 atom stereocenters. The SMILES string of the molecule is O=c1c(Br)nn(CCOc2ccccc2Cl)c2ccccc12. The Balaban J connectivity index is 1.84. The molecular weight excluding hydrogens is 368 g/mol. The fourth-order valence-electron chi connectivity index (χ4n) is 2.18. The van der Waals surface area contributed by atoms with Gasteiger partial charge in [-0.05, 0) is 40.2 Å². The van der Waals surface area contributed by atoms with Crippen LogP contribution in [0.5, 0.6) is 5.75 Å². The molecule has 1 aromatic heterocycles. The second-order valence-corrected chi connectivity index (χ2v) is 5.80. The molecule has 0 spiro atoms. The molecule has 0 amide bonds. The van der Waals surface area contributed by atoms with Gasteiger partial charge in [0.1, 0.15) is 12.4 Å². The number of benzene rings is 2. The maximum absolute atomic E-state index is 12.0. The van der Waals surface area contributed by atoms with Crippen molar-refractivity contribution in [2.45, 2.75) is 6.54 Å². The average Bonchev–Trinajstić information content (AvgIpc) is 2.54. The summed E-state index contributed by atoms with van der Waals surface area (Å²) >= 11 is 9.26. The predicted octanol–water partition coefficient (Wildman–Crippen LogP) is 3.89. The van der Waals surface area contributed by atoms with E-state index in [0.717, 1.165) is 5.52 Å². The van der Waals surface area contributed by atoms with Crippen LogP contribution in [0, 0.1) is 0 Å². The summed E-state index contributed by atoms with van der Waals surface area (Å²) in [5, 5.41) is 5.46. The Morgan fingerprint density at radius 3 is 2.68 bits per heavy atom. The first-order chi connectivity index (χ1) is 10.7. The highest BCUT2D eigenvalue weighted by atomic mass is 79.9. The molecule has 4 nitrogen and oxygen atoms in total. The number of nitrogens with zero attached hydrogens (tertiary/aromatic N) is 2. The molecule has 0 bridgehead atoms. The first-order valence-electron chi connectivity index (χ1n) is 6.69. The molecular formula is C16H12BrClN2O2. The van der Waals surface area contributed by atoms with Gasteiger partial charge in [-0.15, -0.1) is 0 Å². The molecule has 22 heavy (non-hydrogen) atoms. The minimum absolute atomic E-state index is 0.112. The van der Waals surface area contributed by atoms with E-state index in [4.69, 9.17) is 16.3 Å². The fraction of sp³-hybridized carbons (Fsp3) is 0.125. The third-order valence-corrected chi connectivity index (χ3v) is 4.05. The molecule has 0 aliphatic heterocycles. The van der Waals surface area contributed by atoms with Gasteiger partial charge < -0.3 is 4.74 Å². The molecule has 0 unspecified atom stereocenters. The molecule has 0 N–H and O–H groups in total. The van der Waals surface area contributed by atoms with Crippen molar-refractivity contribution < 1.29 is 4.74 Å². The minimum atomic E-state index is -0.112. The summed E-state index contributed by atoms with van der Waals surface area (Å²) < 4.78 is 7.72. The second kappa shape index (κ2) is 6.50. The van der Waals surface area contributed by atoms with E-state index in [1.54, 1.807) is 16.8 Å². The summed E-state index contributed by atoms with van der Waals surface area (Å²) in [6.07, 6.45) is 0. The Kier molecular flexibility index (Phi) is 4.45. The Morgan fingerprint density at radius 1 is 1.14 bits per heavy atom. The maximum atomic E-state index is 12.0. The van der Waals surface area contributed by atoms with Crippen LogP contribution in [0.4, 0.5) is 0 Å². The van der Waals surface area contributed by atoms with Crippen molar-refractivity contribution in [3.05, 3.63) is 68.4 Å². The number of rotatable bonds is 4. The summed E-state index contributed by atoms with van der Waals surface area (Å²) in [6, 6.07) is 14.7. The molecule has 6 heteroatoms. The summed E-state index contributed by atoms with van der Waals surface area (Å²) in [7, 11) is 0. The highest BCUT2D eigenvalue weighted by Gasteiger charge is 2.08. The Labute approximate surface area is 140 Å².